The summed E-state index contributed by atoms with van der Waals surface area (Å²) in [6.07, 6.45) is 1.79. The predicted octanol–water partition coefficient (Wildman–Crippen LogP) is 2.36. The summed E-state index contributed by atoms with van der Waals surface area (Å²) in [6, 6.07) is 0. The van der Waals surface area contributed by atoms with Crippen LogP contribution in [0.3, 0.4) is 0 Å². The van der Waals surface area contributed by atoms with Crippen LogP contribution in [-0.2, 0) is 0 Å². The van der Waals surface area contributed by atoms with Crippen LogP contribution in [0, 0.1) is 11.3 Å². The number of hydrogen-bond acceptors (Lipinski definition) is 1. The highest BCUT2D eigenvalue weighted by Gasteiger charge is 2.49. The van der Waals surface area contributed by atoms with Crippen molar-refractivity contribution < 1.29 is 5.11 Å². The lowest BCUT2D eigenvalue weighted by Gasteiger charge is -2.11. The van der Waals surface area contributed by atoms with Gasteiger partial charge in [0.1, 0.15) is 0 Å². The zero-order chi connectivity index (χ0) is 8.65. The zero-order valence-electron chi connectivity index (χ0n) is 7.72. The maximum absolute atomic E-state index is 9.63. The molecule has 64 valence electrons. The minimum absolute atomic E-state index is 0.150. The van der Waals surface area contributed by atoms with E-state index in [2.05, 4.69) is 20.4 Å². The molecule has 2 unspecified atom stereocenters. The van der Waals surface area contributed by atoms with Gasteiger partial charge in [0.15, 0.2) is 0 Å². The number of aliphatic hydroxyl groups is 1. The van der Waals surface area contributed by atoms with Gasteiger partial charge in [-0.3, -0.25) is 0 Å². The maximum atomic E-state index is 9.63. The van der Waals surface area contributed by atoms with E-state index in [0.717, 1.165) is 12.0 Å². The van der Waals surface area contributed by atoms with E-state index in [0.29, 0.717) is 11.3 Å². The van der Waals surface area contributed by atoms with Gasteiger partial charge in [-0.1, -0.05) is 19.4 Å². The Labute approximate surface area is 69.1 Å². The third kappa shape index (κ3) is 2.06. The summed E-state index contributed by atoms with van der Waals surface area (Å²) in [5.74, 6) is 0.513. The van der Waals surface area contributed by atoms with Gasteiger partial charge < -0.3 is 5.11 Å². The fourth-order valence-corrected chi connectivity index (χ4v) is 1.66. The van der Waals surface area contributed by atoms with Gasteiger partial charge in [0.05, 0.1) is 6.10 Å². The minimum Gasteiger partial charge on any atom is -0.392 e. The van der Waals surface area contributed by atoms with Crippen LogP contribution in [0.4, 0.5) is 0 Å². The second-order valence-corrected chi connectivity index (χ2v) is 4.53. The molecule has 11 heavy (non-hydrogen) atoms. The minimum atomic E-state index is -0.150. The first-order valence-corrected chi connectivity index (χ1v) is 4.26. The molecule has 1 N–H and O–H groups in total. The molecular formula is C10H18O. The van der Waals surface area contributed by atoms with Gasteiger partial charge in [-0.05, 0) is 31.1 Å². The zero-order valence-corrected chi connectivity index (χ0v) is 7.72. The molecule has 0 heterocycles. The van der Waals surface area contributed by atoms with Crippen molar-refractivity contribution in [2.24, 2.45) is 11.3 Å². The normalized spacial score (nSPS) is 29.6. The van der Waals surface area contributed by atoms with E-state index in [-0.39, 0.29) is 6.10 Å². The van der Waals surface area contributed by atoms with E-state index >= 15 is 0 Å². The van der Waals surface area contributed by atoms with Crippen molar-refractivity contribution >= 4 is 0 Å². The van der Waals surface area contributed by atoms with Crippen molar-refractivity contribution in [3.05, 3.63) is 12.2 Å². The Balaban J connectivity index is 2.34. The van der Waals surface area contributed by atoms with E-state index in [1.54, 1.807) is 0 Å². The van der Waals surface area contributed by atoms with Gasteiger partial charge in [0, 0.05) is 0 Å². The van der Waals surface area contributed by atoms with Crippen molar-refractivity contribution in [2.75, 3.05) is 0 Å². The molecule has 1 saturated carbocycles. The van der Waals surface area contributed by atoms with Crippen LogP contribution in [0.1, 0.15) is 33.6 Å². The lowest BCUT2D eigenvalue weighted by atomic mass is 10.0. The molecule has 0 spiro atoms. The summed E-state index contributed by atoms with van der Waals surface area (Å²) < 4.78 is 0. The van der Waals surface area contributed by atoms with Crippen molar-refractivity contribution in [3.8, 4) is 0 Å². The number of rotatable bonds is 3. The summed E-state index contributed by atoms with van der Waals surface area (Å²) in [6.45, 7) is 10.2. The summed E-state index contributed by atoms with van der Waals surface area (Å²) in [5, 5.41) is 9.63. The van der Waals surface area contributed by atoms with E-state index < -0.39 is 0 Å². The Hall–Kier alpha value is -0.300. The second-order valence-electron chi connectivity index (χ2n) is 4.53. The number of hydrogen-bond donors (Lipinski definition) is 1. The van der Waals surface area contributed by atoms with Crippen LogP contribution < -0.4 is 0 Å². The molecule has 0 radical (unpaired) electrons. The van der Waals surface area contributed by atoms with Gasteiger partial charge in [0.2, 0.25) is 0 Å². The van der Waals surface area contributed by atoms with Crippen molar-refractivity contribution in [1.29, 1.82) is 0 Å². The average molecular weight is 154 g/mol. The molecule has 0 aromatic carbocycles. The smallest absolute Gasteiger partial charge is 0.0610 e. The van der Waals surface area contributed by atoms with Gasteiger partial charge in [-0.2, -0.15) is 0 Å². The lowest BCUT2D eigenvalue weighted by Crippen LogP contribution is -2.12. The molecule has 0 aliphatic heterocycles. The Kier molecular flexibility index (Phi) is 2.10. The van der Waals surface area contributed by atoms with E-state index in [1.165, 1.54) is 6.42 Å². The molecule has 1 nitrogen and oxygen atoms in total. The van der Waals surface area contributed by atoms with Gasteiger partial charge in [-0.15, -0.1) is 6.58 Å². The first-order valence-electron chi connectivity index (χ1n) is 4.26. The van der Waals surface area contributed by atoms with Crippen LogP contribution in [-0.4, -0.2) is 11.2 Å². The molecular weight excluding hydrogens is 136 g/mol. The first kappa shape index (κ1) is 8.79. The summed E-state index contributed by atoms with van der Waals surface area (Å²) in [5.41, 5.74) is 1.47. The van der Waals surface area contributed by atoms with Crippen molar-refractivity contribution in [2.45, 2.75) is 39.7 Å². The SMILES string of the molecule is C=C(C)CC(O)C1CC1(C)C. The van der Waals surface area contributed by atoms with Gasteiger partial charge >= 0.3 is 0 Å². The Morgan fingerprint density at radius 3 is 2.45 bits per heavy atom. The highest BCUT2D eigenvalue weighted by atomic mass is 16.3. The quantitative estimate of drug-likeness (QED) is 0.619. The van der Waals surface area contributed by atoms with Crippen LogP contribution >= 0.6 is 0 Å². The molecule has 1 rings (SSSR count). The van der Waals surface area contributed by atoms with Crippen molar-refractivity contribution in [3.63, 3.8) is 0 Å². The van der Waals surface area contributed by atoms with Crippen LogP contribution in [0.25, 0.3) is 0 Å². The van der Waals surface area contributed by atoms with Gasteiger partial charge in [0.25, 0.3) is 0 Å². The molecule has 0 amide bonds. The number of aliphatic hydroxyl groups excluding tert-OH is 1. The highest BCUT2D eigenvalue weighted by Crippen LogP contribution is 2.54. The molecule has 1 aliphatic rings. The third-order valence-electron chi connectivity index (χ3n) is 2.61. The second kappa shape index (κ2) is 2.63. The average Bonchev–Trinajstić information content (AvgIpc) is 2.38. The molecule has 1 aliphatic carbocycles. The standard InChI is InChI=1S/C10H18O/c1-7(2)5-9(11)8-6-10(8,3)4/h8-9,11H,1,5-6H2,2-4H3. The summed E-state index contributed by atoms with van der Waals surface area (Å²) >= 11 is 0. The largest absolute Gasteiger partial charge is 0.392 e. The molecule has 2 atom stereocenters. The molecule has 0 saturated heterocycles. The fraction of sp³-hybridized carbons (Fsp3) is 0.800. The van der Waals surface area contributed by atoms with Gasteiger partial charge in [-0.25, -0.2) is 0 Å². The topological polar surface area (TPSA) is 20.2 Å². The van der Waals surface area contributed by atoms with E-state index in [9.17, 15) is 5.11 Å². The first-order chi connectivity index (χ1) is 4.93. The predicted molar refractivity (Wildman–Crippen MR) is 47.3 cm³/mol. The molecule has 0 aromatic heterocycles. The van der Waals surface area contributed by atoms with Crippen LogP contribution in [0.2, 0.25) is 0 Å². The maximum Gasteiger partial charge on any atom is 0.0610 e. The van der Waals surface area contributed by atoms with E-state index in [1.807, 2.05) is 6.92 Å². The molecule has 0 bridgehead atoms. The third-order valence-corrected chi connectivity index (χ3v) is 2.61. The Morgan fingerprint density at radius 2 is 2.18 bits per heavy atom. The Bertz CT molecular complexity index is 170. The fourth-order valence-electron chi connectivity index (χ4n) is 1.66. The highest BCUT2D eigenvalue weighted by molar-refractivity contribution is 5.03. The van der Waals surface area contributed by atoms with Crippen LogP contribution in [0.15, 0.2) is 12.2 Å². The molecule has 1 fully saturated rings. The summed E-state index contributed by atoms with van der Waals surface area (Å²) in [7, 11) is 0. The van der Waals surface area contributed by atoms with E-state index in [4.69, 9.17) is 0 Å². The Morgan fingerprint density at radius 1 is 1.73 bits per heavy atom. The molecule has 1 heteroatoms. The van der Waals surface area contributed by atoms with Crippen molar-refractivity contribution in [1.82, 2.24) is 0 Å². The van der Waals surface area contributed by atoms with Crippen LogP contribution in [0.5, 0.6) is 0 Å². The lowest BCUT2D eigenvalue weighted by molar-refractivity contribution is 0.137. The monoisotopic (exact) mass is 154 g/mol. The summed E-state index contributed by atoms with van der Waals surface area (Å²) in [4.78, 5) is 0. The molecule has 0 aromatic rings.